The largest absolute Gasteiger partial charge is 0.308 e. The number of hydrogen-bond donors (Lipinski definition) is 1. The van der Waals surface area contributed by atoms with Gasteiger partial charge in [0.05, 0.1) is 0 Å². The number of nitrogens with zero attached hydrogens (tertiary/aromatic N) is 1. The fraction of sp³-hybridized carbons (Fsp3) is 1.00. The van der Waals surface area contributed by atoms with Gasteiger partial charge >= 0.3 is 0 Å². The lowest BCUT2D eigenvalue weighted by atomic mass is 9.80. The fourth-order valence-corrected chi connectivity index (χ4v) is 3.36. The zero-order chi connectivity index (χ0) is 13.1. The Bertz CT molecular complexity index is 227. The molecule has 1 heterocycles. The van der Waals surface area contributed by atoms with Crippen LogP contribution in [0.25, 0.3) is 0 Å². The Labute approximate surface area is 108 Å². The van der Waals surface area contributed by atoms with Gasteiger partial charge < -0.3 is 5.32 Å². The van der Waals surface area contributed by atoms with E-state index in [2.05, 4.69) is 51.8 Å². The fourth-order valence-electron chi connectivity index (χ4n) is 3.36. The summed E-state index contributed by atoms with van der Waals surface area (Å²) in [7, 11) is 0. The van der Waals surface area contributed by atoms with Crippen LogP contribution in [-0.4, -0.2) is 35.1 Å². The van der Waals surface area contributed by atoms with Crippen LogP contribution >= 0.6 is 0 Å². The average Bonchev–Trinajstić information content (AvgIpc) is 2.38. The zero-order valence-corrected chi connectivity index (χ0v) is 12.8. The molecule has 1 rings (SSSR count). The van der Waals surface area contributed by atoms with Gasteiger partial charge in [0.15, 0.2) is 0 Å². The first-order valence-corrected chi connectivity index (χ1v) is 7.51. The summed E-state index contributed by atoms with van der Waals surface area (Å²) in [6, 6.07) is 0.648. The monoisotopic (exact) mass is 240 g/mol. The molecule has 1 saturated heterocycles. The third-order valence-electron chi connectivity index (χ3n) is 5.17. The Kier molecular flexibility index (Phi) is 5.03. The highest BCUT2D eigenvalue weighted by Crippen LogP contribution is 2.34. The lowest BCUT2D eigenvalue weighted by molar-refractivity contribution is -0.0261. The number of piperazine rings is 1. The average molecular weight is 240 g/mol. The first-order valence-electron chi connectivity index (χ1n) is 7.51. The van der Waals surface area contributed by atoms with Crippen molar-refractivity contribution in [1.29, 1.82) is 0 Å². The standard InChI is InChI=1S/C15H32N2/c1-7-14(8-2)12-17(13(5)6)15(9-3,10-4)11-16-14/h13,16H,7-12H2,1-6H3. The molecule has 0 unspecified atom stereocenters. The number of nitrogens with one attached hydrogen (secondary N) is 1. The molecule has 1 aliphatic rings. The lowest BCUT2D eigenvalue weighted by Crippen LogP contribution is -2.70. The Hall–Kier alpha value is -0.0800. The van der Waals surface area contributed by atoms with Crippen molar-refractivity contribution in [2.45, 2.75) is 84.3 Å². The van der Waals surface area contributed by atoms with Gasteiger partial charge in [0.25, 0.3) is 0 Å². The molecule has 1 fully saturated rings. The zero-order valence-electron chi connectivity index (χ0n) is 12.8. The molecule has 0 spiro atoms. The Morgan fingerprint density at radius 3 is 1.88 bits per heavy atom. The van der Waals surface area contributed by atoms with Gasteiger partial charge in [-0.2, -0.15) is 0 Å². The molecule has 2 heteroatoms. The molecule has 0 aromatic carbocycles. The molecule has 1 N–H and O–H groups in total. The lowest BCUT2D eigenvalue weighted by Gasteiger charge is -2.56. The smallest absolute Gasteiger partial charge is 0.0332 e. The molecule has 1 aliphatic heterocycles. The van der Waals surface area contributed by atoms with Gasteiger partial charge in [-0.3, -0.25) is 4.90 Å². The Balaban J connectivity index is 2.95. The molecule has 0 atom stereocenters. The van der Waals surface area contributed by atoms with Crippen LogP contribution in [-0.2, 0) is 0 Å². The van der Waals surface area contributed by atoms with E-state index in [1.165, 1.54) is 32.2 Å². The van der Waals surface area contributed by atoms with Gasteiger partial charge in [0.1, 0.15) is 0 Å². The molecule has 2 nitrogen and oxygen atoms in total. The number of hydrogen-bond acceptors (Lipinski definition) is 2. The van der Waals surface area contributed by atoms with Crippen LogP contribution in [0.3, 0.4) is 0 Å². The minimum atomic E-state index is 0.345. The van der Waals surface area contributed by atoms with E-state index in [0.29, 0.717) is 17.1 Å². The predicted octanol–water partition coefficient (Wildman–Crippen LogP) is 3.42. The maximum atomic E-state index is 3.87. The summed E-state index contributed by atoms with van der Waals surface area (Å²) in [4.78, 5) is 2.76. The first kappa shape index (κ1) is 15.0. The summed E-state index contributed by atoms with van der Waals surface area (Å²) in [6.45, 7) is 16.4. The van der Waals surface area contributed by atoms with Crippen molar-refractivity contribution < 1.29 is 0 Å². The van der Waals surface area contributed by atoms with Gasteiger partial charge in [-0.15, -0.1) is 0 Å². The molecule has 0 bridgehead atoms. The minimum absolute atomic E-state index is 0.345. The van der Waals surface area contributed by atoms with Crippen molar-refractivity contribution in [3.8, 4) is 0 Å². The van der Waals surface area contributed by atoms with E-state index in [4.69, 9.17) is 0 Å². The minimum Gasteiger partial charge on any atom is -0.308 e. The van der Waals surface area contributed by atoms with E-state index in [0.717, 1.165) is 6.54 Å². The second-order valence-electron chi connectivity index (χ2n) is 5.99. The SMILES string of the molecule is CCC1(CC)CN(C(C)C)C(CC)(CC)CN1. The topological polar surface area (TPSA) is 15.3 Å². The van der Waals surface area contributed by atoms with E-state index >= 15 is 0 Å². The van der Waals surface area contributed by atoms with Crippen molar-refractivity contribution in [3.63, 3.8) is 0 Å². The van der Waals surface area contributed by atoms with Crippen LogP contribution in [0.4, 0.5) is 0 Å². The van der Waals surface area contributed by atoms with Crippen LogP contribution in [0.15, 0.2) is 0 Å². The molecule has 0 saturated carbocycles. The first-order chi connectivity index (χ1) is 7.99. The van der Waals surface area contributed by atoms with Crippen LogP contribution in [0, 0.1) is 0 Å². The molecular formula is C15H32N2. The highest BCUT2D eigenvalue weighted by Gasteiger charge is 2.44. The van der Waals surface area contributed by atoms with E-state index in [-0.39, 0.29) is 0 Å². The Morgan fingerprint density at radius 1 is 1.00 bits per heavy atom. The second-order valence-corrected chi connectivity index (χ2v) is 5.99. The van der Waals surface area contributed by atoms with E-state index in [9.17, 15) is 0 Å². The van der Waals surface area contributed by atoms with E-state index < -0.39 is 0 Å². The normalized spacial score (nSPS) is 24.2. The molecule has 0 aromatic rings. The van der Waals surface area contributed by atoms with Crippen LogP contribution in [0.5, 0.6) is 0 Å². The van der Waals surface area contributed by atoms with Gasteiger partial charge in [-0.25, -0.2) is 0 Å². The number of rotatable bonds is 5. The summed E-state index contributed by atoms with van der Waals surface area (Å²) in [5, 5.41) is 3.87. The summed E-state index contributed by atoms with van der Waals surface area (Å²) in [5.41, 5.74) is 0.722. The highest BCUT2D eigenvalue weighted by molar-refractivity contribution is 5.04. The molecule has 0 aromatic heterocycles. The van der Waals surface area contributed by atoms with Crippen LogP contribution in [0.1, 0.15) is 67.2 Å². The molecule has 0 amide bonds. The van der Waals surface area contributed by atoms with Crippen molar-refractivity contribution >= 4 is 0 Å². The van der Waals surface area contributed by atoms with Crippen molar-refractivity contribution in [2.24, 2.45) is 0 Å². The maximum Gasteiger partial charge on any atom is 0.0332 e. The molecular weight excluding hydrogens is 208 g/mol. The summed E-state index contributed by atoms with van der Waals surface area (Å²) in [6.07, 6.45) is 4.96. The quantitative estimate of drug-likeness (QED) is 0.792. The van der Waals surface area contributed by atoms with Gasteiger partial charge in [0, 0.05) is 30.2 Å². The third-order valence-corrected chi connectivity index (χ3v) is 5.17. The van der Waals surface area contributed by atoms with Gasteiger partial charge in [-0.05, 0) is 39.5 Å². The van der Waals surface area contributed by atoms with Gasteiger partial charge in [-0.1, -0.05) is 27.7 Å². The molecule has 0 radical (unpaired) electrons. The highest BCUT2D eigenvalue weighted by atomic mass is 15.3. The molecule has 102 valence electrons. The Morgan fingerprint density at radius 2 is 1.53 bits per heavy atom. The van der Waals surface area contributed by atoms with Gasteiger partial charge in [0.2, 0.25) is 0 Å². The van der Waals surface area contributed by atoms with E-state index in [1.54, 1.807) is 0 Å². The van der Waals surface area contributed by atoms with E-state index in [1.807, 2.05) is 0 Å². The second kappa shape index (κ2) is 5.71. The van der Waals surface area contributed by atoms with Crippen LogP contribution in [0.2, 0.25) is 0 Å². The maximum absolute atomic E-state index is 3.87. The third kappa shape index (κ3) is 2.68. The summed E-state index contributed by atoms with van der Waals surface area (Å²) < 4.78 is 0. The predicted molar refractivity (Wildman–Crippen MR) is 76.5 cm³/mol. The van der Waals surface area contributed by atoms with Crippen molar-refractivity contribution in [3.05, 3.63) is 0 Å². The molecule has 0 aliphatic carbocycles. The van der Waals surface area contributed by atoms with Crippen molar-refractivity contribution in [2.75, 3.05) is 13.1 Å². The van der Waals surface area contributed by atoms with Crippen molar-refractivity contribution in [1.82, 2.24) is 10.2 Å². The summed E-state index contributed by atoms with van der Waals surface area (Å²) >= 11 is 0. The summed E-state index contributed by atoms with van der Waals surface area (Å²) in [5.74, 6) is 0. The van der Waals surface area contributed by atoms with Crippen LogP contribution < -0.4 is 5.32 Å². The molecule has 17 heavy (non-hydrogen) atoms.